The smallest absolute Gasteiger partial charge is 0.164 e. The van der Waals surface area contributed by atoms with E-state index in [4.69, 9.17) is 9.47 Å². The predicted octanol–water partition coefficient (Wildman–Crippen LogP) is 9.79. The highest BCUT2D eigenvalue weighted by Crippen LogP contribution is 2.30. The van der Waals surface area contributed by atoms with Gasteiger partial charge in [-0.3, -0.25) is 9.59 Å². The van der Waals surface area contributed by atoms with Crippen LogP contribution >= 0.6 is 0 Å². The fraction of sp³-hybridized carbons (Fsp3) is 0.730. The molecule has 0 amide bonds. The Morgan fingerprint density at radius 3 is 2.37 bits per heavy atom. The summed E-state index contributed by atoms with van der Waals surface area (Å²) < 4.78 is 11.2. The molecule has 0 heterocycles. The van der Waals surface area contributed by atoms with E-state index in [9.17, 15) is 9.59 Å². The summed E-state index contributed by atoms with van der Waals surface area (Å²) in [5, 5.41) is 0. The molecule has 1 rings (SSSR count). The van der Waals surface area contributed by atoms with Gasteiger partial charge in [0.05, 0.1) is 6.10 Å². The maximum Gasteiger partial charge on any atom is 0.164 e. The van der Waals surface area contributed by atoms with Crippen molar-refractivity contribution in [3.63, 3.8) is 0 Å². The third kappa shape index (κ3) is 16.4. The van der Waals surface area contributed by atoms with Gasteiger partial charge in [0.25, 0.3) is 0 Å². The molecule has 0 N–H and O–H groups in total. The van der Waals surface area contributed by atoms with E-state index >= 15 is 0 Å². The fourth-order valence-electron chi connectivity index (χ4n) is 6.00. The molecule has 0 aromatic rings. The van der Waals surface area contributed by atoms with Gasteiger partial charge < -0.3 is 9.47 Å². The first-order valence-electron chi connectivity index (χ1n) is 16.4. The zero-order valence-corrected chi connectivity index (χ0v) is 27.8. The first-order valence-corrected chi connectivity index (χ1v) is 16.4. The lowest BCUT2D eigenvalue weighted by Crippen LogP contribution is -2.29. The number of hydrogen-bond acceptors (Lipinski definition) is 4. The molecule has 1 aliphatic carbocycles. The largest absolute Gasteiger partial charge is 0.381 e. The van der Waals surface area contributed by atoms with Crippen LogP contribution in [0.15, 0.2) is 47.6 Å². The van der Waals surface area contributed by atoms with Gasteiger partial charge >= 0.3 is 0 Å². The van der Waals surface area contributed by atoms with Crippen LogP contribution in [-0.4, -0.2) is 38.0 Å². The summed E-state index contributed by atoms with van der Waals surface area (Å²) in [6.07, 6.45) is 26.3. The molecule has 0 spiro atoms. The Hall–Kier alpha value is -1.78. The normalized spacial score (nSPS) is 21.8. The second kappa shape index (κ2) is 21.9. The van der Waals surface area contributed by atoms with Crippen LogP contribution in [0.2, 0.25) is 0 Å². The van der Waals surface area contributed by atoms with Gasteiger partial charge in [-0.05, 0) is 64.2 Å². The van der Waals surface area contributed by atoms with Crippen molar-refractivity contribution in [1.82, 2.24) is 0 Å². The quantitative estimate of drug-likeness (QED) is 0.0783. The summed E-state index contributed by atoms with van der Waals surface area (Å²) in [4.78, 5) is 25.9. The fourth-order valence-corrected chi connectivity index (χ4v) is 6.00. The number of Topliss-reactive ketones (excluding diaryl/α,β-unsaturated/α-hetero) is 2. The standard InChI is InChI=1S/C37H62O4/c1-9-10-17-28(2)18-12-11-13-19-29(3)24-32(6)37(39)36(41-8)26-30(4)25-31(5)35(38)23-15-14-20-33-21-16-22-34(27-33)40-7/h11-13,18-19,25,29,31-34,36H,9-10,14-17,20-24,26-27H2,1-8H3/b12-11+,19-13+,28-18+,30-25+/t29-,31-,32?,33?,34?,36?/m1/s1. The van der Waals surface area contributed by atoms with Gasteiger partial charge in [-0.1, -0.05) is 107 Å². The van der Waals surface area contributed by atoms with Crippen molar-refractivity contribution in [2.24, 2.45) is 23.7 Å². The van der Waals surface area contributed by atoms with Crippen molar-refractivity contribution in [2.45, 2.75) is 137 Å². The molecule has 1 saturated carbocycles. The first-order chi connectivity index (χ1) is 19.6. The van der Waals surface area contributed by atoms with Crippen molar-refractivity contribution in [3.05, 3.63) is 47.6 Å². The van der Waals surface area contributed by atoms with Crippen molar-refractivity contribution in [2.75, 3.05) is 14.2 Å². The summed E-state index contributed by atoms with van der Waals surface area (Å²) in [5.74, 6) is 1.26. The van der Waals surface area contributed by atoms with Crippen LogP contribution in [0, 0.1) is 23.7 Å². The lowest BCUT2D eigenvalue weighted by Gasteiger charge is -2.28. The van der Waals surface area contributed by atoms with Crippen molar-refractivity contribution in [3.8, 4) is 0 Å². The summed E-state index contributed by atoms with van der Waals surface area (Å²) in [6.45, 7) is 12.5. The number of rotatable bonds is 21. The molecule has 0 aromatic carbocycles. The Kier molecular flexibility index (Phi) is 19.9. The molecule has 0 bridgehead atoms. The number of hydrogen-bond donors (Lipinski definition) is 0. The lowest BCUT2D eigenvalue weighted by atomic mass is 9.83. The second-order valence-corrected chi connectivity index (χ2v) is 12.7. The molecule has 234 valence electrons. The van der Waals surface area contributed by atoms with Crippen LogP contribution in [0.1, 0.15) is 125 Å². The van der Waals surface area contributed by atoms with Crippen LogP contribution in [0.3, 0.4) is 0 Å². The molecule has 4 heteroatoms. The number of ketones is 2. The minimum absolute atomic E-state index is 0.0880. The van der Waals surface area contributed by atoms with Gasteiger partial charge in [-0.15, -0.1) is 0 Å². The van der Waals surface area contributed by atoms with E-state index in [1.165, 1.54) is 50.5 Å². The highest BCUT2D eigenvalue weighted by atomic mass is 16.5. The average molecular weight is 571 g/mol. The van der Waals surface area contributed by atoms with E-state index in [0.29, 0.717) is 24.9 Å². The molecule has 4 nitrogen and oxygen atoms in total. The lowest BCUT2D eigenvalue weighted by molar-refractivity contribution is -0.132. The van der Waals surface area contributed by atoms with E-state index in [1.807, 2.05) is 34.0 Å². The van der Waals surface area contributed by atoms with E-state index in [-0.39, 0.29) is 23.4 Å². The van der Waals surface area contributed by atoms with Crippen LogP contribution in [-0.2, 0) is 19.1 Å². The van der Waals surface area contributed by atoms with Crippen LogP contribution in [0.4, 0.5) is 0 Å². The number of methoxy groups -OCH3 is 2. The molecule has 0 aromatic heterocycles. The first kappa shape index (κ1) is 37.2. The Labute approximate surface area is 253 Å². The number of carbonyl (C=O) groups is 2. The van der Waals surface area contributed by atoms with Crippen molar-refractivity contribution >= 4 is 11.6 Å². The SMILES string of the molecule is CCCC/C(C)=C/C=C/C=C/[C@@H](C)CC(C)C(=O)C(C/C(C)=C/[C@@H](C)C(=O)CCCCC1CCCC(OC)C1)OC. The van der Waals surface area contributed by atoms with E-state index in [2.05, 4.69) is 51.2 Å². The van der Waals surface area contributed by atoms with Crippen molar-refractivity contribution in [1.29, 1.82) is 0 Å². The minimum atomic E-state index is -0.470. The van der Waals surface area contributed by atoms with Crippen LogP contribution < -0.4 is 0 Å². The van der Waals surface area contributed by atoms with E-state index < -0.39 is 6.10 Å². The zero-order valence-electron chi connectivity index (χ0n) is 27.8. The minimum Gasteiger partial charge on any atom is -0.381 e. The Morgan fingerprint density at radius 2 is 1.68 bits per heavy atom. The zero-order chi connectivity index (χ0) is 30.6. The number of carbonyl (C=O) groups excluding carboxylic acids is 2. The Morgan fingerprint density at radius 1 is 0.927 bits per heavy atom. The maximum absolute atomic E-state index is 13.2. The topological polar surface area (TPSA) is 52.6 Å². The number of unbranched alkanes of at least 4 members (excludes halogenated alkanes) is 2. The Bertz CT molecular complexity index is 864. The highest BCUT2D eigenvalue weighted by Gasteiger charge is 2.25. The average Bonchev–Trinajstić information content (AvgIpc) is 2.96. The second-order valence-electron chi connectivity index (χ2n) is 12.7. The summed E-state index contributed by atoms with van der Waals surface area (Å²) >= 11 is 0. The summed E-state index contributed by atoms with van der Waals surface area (Å²) in [5.41, 5.74) is 2.45. The molecule has 4 unspecified atom stereocenters. The molecule has 6 atom stereocenters. The monoisotopic (exact) mass is 570 g/mol. The molecule has 0 aliphatic heterocycles. The maximum atomic E-state index is 13.2. The summed E-state index contributed by atoms with van der Waals surface area (Å²) in [7, 11) is 3.44. The number of ether oxygens (including phenoxy) is 2. The molecule has 1 fully saturated rings. The van der Waals surface area contributed by atoms with Crippen molar-refractivity contribution < 1.29 is 19.1 Å². The van der Waals surface area contributed by atoms with Crippen LogP contribution in [0.25, 0.3) is 0 Å². The van der Waals surface area contributed by atoms with Crippen LogP contribution in [0.5, 0.6) is 0 Å². The van der Waals surface area contributed by atoms with Gasteiger partial charge in [-0.25, -0.2) is 0 Å². The van der Waals surface area contributed by atoms with Gasteiger partial charge in [0.15, 0.2) is 5.78 Å². The summed E-state index contributed by atoms with van der Waals surface area (Å²) in [6, 6.07) is 0. The molecule has 0 radical (unpaired) electrons. The molecular formula is C37H62O4. The molecule has 41 heavy (non-hydrogen) atoms. The van der Waals surface area contributed by atoms with E-state index in [1.54, 1.807) is 7.11 Å². The third-order valence-electron chi connectivity index (χ3n) is 8.68. The van der Waals surface area contributed by atoms with Gasteiger partial charge in [0.1, 0.15) is 11.9 Å². The predicted molar refractivity (Wildman–Crippen MR) is 174 cm³/mol. The highest BCUT2D eigenvalue weighted by molar-refractivity contribution is 5.85. The van der Waals surface area contributed by atoms with Gasteiger partial charge in [0, 0.05) is 38.9 Å². The number of allylic oxidation sites excluding steroid dienone is 7. The van der Waals surface area contributed by atoms with Gasteiger partial charge in [0.2, 0.25) is 0 Å². The molecule has 1 aliphatic rings. The Balaban J connectivity index is 2.46. The van der Waals surface area contributed by atoms with E-state index in [0.717, 1.165) is 37.2 Å². The molecule has 0 saturated heterocycles. The third-order valence-corrected chi connectivity index (χ3v) is 8.68. The molecular weight excluding hydrogens is 508 g/mol. The van der Waals surface area contributed by atoms with Gasteiger partial charge in [-0.2, -0.15) is 0 Å².